The van der Waals surface area contributed by atoms with Gasteiger partial charge in [-0.15, -0.1) is 16.4 Å². The topological polar surface area (TPSA) is 59.3 Å². The Hall–Kier alpha value is -2.77. The van der Waals surface area contributed by atoms with Gasteiger partial charge in [0, 0.05) is 16.0 Å². The van der Waals surface area contributed by atoms with Crippen LogP contribution < -0.4 is 5.32 Å². The highest BCUT2D eigenvalue weighted by atomic mass is 35.5. The van der Waals surface area contributed by atoms with Crippen LogP contribution in [0.1, 0.15) is 5.56 Å². The van der Waals surface area contributed by atoms with Gasteiger partial charge in [0.1, 0.15) is 5.82 Å². The van der Waals surface area contributed by atoms with Gasteiger partial charge in [0.25, 0.3) is 0 Å². The fourth-order valence-corrected chi connectivity index (χ4v) is 3.47. The van der Waals surface area contributed by atoms with E-state index in [2.05, 4.69) is 15.4 Å². The van der Waals surface area contributed by atoms with Crippen LogP contribution in [0, 0.1) is 5.82 Å². The average molecular weight is 387 g/mol. The quantitative estimate of drug-likeness (QED) is 0.564. The number of carbonyl (C=O) groups excluding carboxylic acids is 1. The molecule has 1 amide bonds. The molecule has 0 bridgehead atoms. The maximum atomic E-state index is 12.9. The summed E-state index contributed by atoms with van der Waals surface area (Å²) < 4.78 is 14.6. The zero-order chi connectivity index (χ0) is 18.1. The summed E-state index contributed by atoms with van der Waals surface area (Å²) in [4.78, 5) is 17.2. The van der Waals surface area contributed by atoms with Crippen LogP contribution in [0.3, 0.4) is 0 Å². The Morgan fingerprint density at radius 2 is 1.88 bits per heavy atom. The summed E-state index contributed by atoms with van der Waals surface area (Å²) in [7, 11) is 0. The Kier molecular flexibility index (Phi) is 4.40. The highest BCUT2D eigenvalue weighted by molar-refractivity contribution is 7.15. The summed E-state index contributed by atoms with van der Waals surface area (Å²) in [6.07, 6.45) is 0.122. The third-order valence-electron chi connectivity index (χ3n) is 3.75. The van der Waals surface area contributed by atoms with E-state index in [9.17, 15) is 9.18 Å². The van der Waals surface area contributed by atoms with Crippen LogP contribution in [0.4, 0.5) is 10.3 Å². The van der Waals surface area contributed by atoms with Crippen molar-refractivity contribution in [2.45, 2.75) is 6.42 Å². The number of rotatable bonds is 4. The number of thiazole rings is 1. The summed E-state index contributed by atoms with van der Waals surface area (Å²) in [5.74, 6) is -0.359. The molecule has 0 radical (unpaired) electrons. The number of benzene rings is 2. The lowest BCUT2D eigenvalue weighted by atomic mass is 10.1. The minimum atomic E-state index is -0.333. The van der Waals surface area contributed by atoms with Gasteiger partial charge in [-0.3, -0.25) is 10.1 Å². The molecule has 26 heavy (non-hydrogen) atoms. The molecule has 1 N–H and O–H groups in total. The molecule has 130 valence electrons. The average Bonchev–Trinajstić information content (AvgIpc) is 3.18. The molecule has 0 aliphatic carbocycles. The van der Waals surface area contributed by atoms with Crippen molar-refractivity contribution in [2.24, 2.45) is 0 Å². The molecule has 2 aromatic heterocycles. The molecule has 4 rings (SSSR count). The molecule has 0 fully saturated rings. The number of hydrogen-bond donors (Lipinski definition) is 1. The first-order chi connectivity index (χ1) is 12.6. The van der Waals surface area contributed by atoms with Crippen LogP contribution in [0.15, 0.2) is 53.9 Å². The molecule has 0 spiro atoms. The van der Waals surface area contributed by atoms with Gasteiger partial charge in [-0.1, -0.05) is 35.9 Å². The molecule has 0 unspecified atom stereocenters. The van der Waals surface area contributed by atoms with Crippen molar-refractivity contribution < 1.29 is 9.18 Å². The Bertz CT molecular complexity index is 1070. The second kappa shape index (κ2) is 6.86. The van der Waals surface area contributed by atoms with E-state index < -0.39 is 0 Å². The van der Waals surface area contributed by atoms with E-state index >= 15 is 0 Å². The Morgan fingerprint density at radius 3 is 2.62 bits per heavy atom. The number of amides is 1. The van der Waals surface area contributed by atoms with Crippen LogP contribution in [0.5, 0.6) is 0 Å². The maximum Gasteiger partial charge on any atom is 0.250 e. The van der Waals surface area contributed by atoms with Gasteiger partial charge >= 0.3 is 0 Å². The number of halogens is 2. The van der Waals surface area contributed by atoms with Crippen molar-refractivity contribution in [3.05, 3.63) is 70.3 Å². The predicted octanol–water partition coefficient (Wildman–Crippen LogP) is 4.43. The molecule has 2 aromatic carbocycles. The number of nitrogens with zero attached hydrogens (tertiary/aromatic N) is 3. The highest BCUT2D eigenvalue weighted by Crippen LogP contribution is 2.26. The molecule has 0 atom stereocenters. The molecular weight excluding hydrogens is 375 g/mol. The van der Waals surface area contributed by atoms with Gasteiger partial charge in [0.2, 0.25) is 16.8 Å². The lowest BCUT2D eigenvalue weighted by molar-refractivity contribution is -0.115. The van der Waals surface area contributed by atoms with E-state index in [0.29, 0.717) is 15.5 Å². The van der Waals surface area contributed by atoms with Crippen LogP contribution in [-0.4, -0.2) is 20.5 Å². The zero-order valence-corrected chi connectivity index (χ0v) is 14.9. The van der Waals surface area contributed by atoms with Gasteiger partial charge in [-0.25, -0.2) is 8.91 Å². The normalized spacial score (nSPS) is 11.0. The maximum absolute atomic E-state index is 12.9. The minimum absolute atomic E-state index is 0.122. The van der Waals surface area contributed by atoms with Gasteiger partial charge in [0.15, 0.2) is 0 Å². The summed E-state index contributed by atoms with van der Waals surface area (Å²) >= 11 is 7.36. The molecule has 0 aliphatic rings. The molecule has 0 aliphatic heterocycles. The van der Waals surface area contributed by atoms with Crippen molar-refractivity contribution in [2.75, 3.05) is 5.32 Å². The Morgan fingerprint density at radius 1 is 1.15 bits per heavy atom. The number of carbonyl (C=O) groups is 1. The fraction of sp³-hybridized carbons (Fsp3) is 0.0556. The summed E-state index contributed by atoms with van der Waals surface area (Å²) in [6.45, 7) is 0. The minimum Gasteiger partial charge on any atom is -0.293 e. The standard InChI is InChI=1S/C18H12ClFN4OS/c19-13-5-3-12(4-6-13)15-10-26-18-22-17(23-24(15)18)21-16(25)9-11-1-7-14(20)8-2-11/h1-8,10H,9H2,(H,21,23,25). The Balaban J connectivity index is 1.53. The molecule has 8 heteroatoms. The van der Waals surface area contributed by atoms with Gasteiger partial charge in [-0.2, -0.15) is 4.98 Å². The first-order valence-corrected chi connectivity index (χ1v) is 8.99. The second-order valence-electron chi connectivity index (χ2n) is 5.61. The van der Waals surface area contributed by atoms with Crippen molar-refractivity contribution >= 4 is 39.8 Å². The summed E-state index contributed by atoms with van der Waals surface area (Å²) in [6, 6.07) is 13.2. The number of aromatic nitrogens is 3. The van der Waals surface area contributed by atoms with Crippen molar-refractivity contribution in [3.63, 3.8) is 0 Å². The summed E-state index contributed by atoms with van der Waals surface area (Å²) in [5.41, 5.74) is 2.54. The molecule has 5 nitrogen and oxygen atoms in total. The zero-order valence-electron chi connectivity index (χ0n) is 13.3. The second-order valence-corrected chi connectivity index (χ2v) is 6.88. The van der Waals surface area contributed by atoms with E-state index in [1.165, 1.54) is 23.5 Å². The van der Waals surface area contributed by atoms with E-state index in [0.717, 1.165) is 11.3 Å². The van der Waals surface area contributed by atoms with Crippen LogP contribution in [0.25, 0.3) is 16.2 Å². The Labute approximate surface area is 157 Å². The van der Waals surface area contributed by atoms with Crippen LogP contribution >= 0.6 is 22.9 Å². The van der Waals surface area contributed by atoms with Gasteiger partial charge in [-0.05, 0) is 29.8 Å². The lowest BCUT2D eigenvalue weighted by Gasteiger charge is -2.01. The first kappa shape index (κ1) is 16.7. The van der Waals surface area contributed by atoms with Crippen LogP contribution in [-0.2, 0) is 11.2 Å². The third kappa shape index (κ3) is 3.44. The van der Waals surface area contributed by atoms with E-state index in [1.54, 1.807) is 16.6 Å². The fourth-order valence-electron chi connectivity index (χ4n) is 2.51. The predicted molar refractivity (Wildman–Crippen MR) is 100 cm³/mol. The van der Waals surface area contributed by atoms with Crippen molar-refractivity contribution in [3.8, 4) is 11.3 Å². The molecule has 2 heterocycles. The molecular formula is C18H12ClFN4OS. The van der Waals surface area contributed by atoms with E-state index in [1.807, 2.05) is 29.6 Å². The summed E-state index contributed by atoms with van der Waals surface area (Å²) in [5, 5.41) is 9.64. The number of hydrogen-bond acceptors (Lipinski definition) is 4. The largest absolute Gasteiger partial charge is 0.293 e. The SMILES string of the molecule is O=C(Cc1ccc(F)cc1)Nc1nc2scc(-c3ccc(Cl)cc3)n2n1. The van der Waals surface area contributed by atoms with E-state index in [-0.39, 0.29) is 24.1 Å². The first-order valence-electron chi connectivity index (χ1n) is 7.73. The monoisotopic (exact) mass is 386 g/mol. The van der Waals surface area contributed by atoms with E-state index in [4.69, 9.17) is 11.6 Å². The number of anilines is 1. The van der Waals surface area contributed by atoms with Crippen molar-refractivity contribution in [1.82, 2.24) is 14.6 Å². The number of nitrogens with one attached hydrogen (secondary N) is 1. The smallest absolute Gasteiger partial charge is 0.250 e. The van der Waals surface area contributed by atoms with Gasteiger partial charge in [0.05, 0.1) is 12.1 Å². The third-order valence-corrected chi connectivity index (χ3v) is 4.82. The molecule has 0 saturated carbocycles. The molecule has 0 saturated heterocycles. The highest BCUT2D eigenvalue weighted by Gasteiger charge is 2.13. The van der Waals surface area contributed by atoms with Gasteiger partial charge < -0.3 is 0 Å². The van der Waals surface area contributed by atoms with Crippen molar-refractivity contribution in [1.29, 1.82) is 0 Å². The van der Waals surface area contributed by atoms with Crippen LogP contribution in [0.2, 0.25) is 5.02 Å². The number of fused-ring (bicyclic) bond motifs is 1. The molecule has 4 aromatic rings. The lowest BCUT2D eigenvalue weighted by Crippen LogP contribution is -2.15.